The molecule has 0 saturated carbocycles. The molecule has 288 valence electrons. The number of aromatic nitrogens is 2. The Morgan fingerprint density at radius 3 is 1.39 bits per heavy atom. The summed E-state index contributed by atoms with van der Waals surface area (Å²) in [6, 6.07) is 83.1. The van der Waals surface area contributed by atoms with E-state index in [9.17, 15) is 0 Å². The highest BCUT2D eigenvalue weighted by atomic mass is 14.9. The number of nitrogens with zero attached hydrogens (tertiary/aromatic N) is 2. The van der Waals surface area contributed by atoms with Crippen molar-refractivity contribution in [1.82, 2.24) is 9.97 Å². The van der Waals surface area contributed by atoms with Crippen molar-refractivity contribution in [2.24, 2.45) is 0 Å². The van der Waals surface area contributed by atoms with E-state index in [0.29, 0.717) is 5.82 Å². The van der Waals surface area contributed by atoms with E-state index in [1.165, 1.54) is 87.2 Å². The van der Waals surface area contributed by atoms with Crippen LogP contribution in [0, 0.1) is 0 Å². The van der Waals surface area contributed by atoms with Gasteiger partial charge >= 0.3 is 0 Å². The fourth-order valence-electron chi connectivity index (χ4n) is 9.21. The lowest BCUT2D eigenvalue weighted by Crippen LogP contribution is -1.96. The molecule has 0 radical (unpaired) electrons. The molecule has 62 heavy (non-hydrogen) atoms. The van der Waals surface area contributed by atoms with Crippen LogP contribution in [0.2, 0.25) is 0 Å². The van der Waals surface area contributed by atoms with Gasteiger partial charge in [-0.05, 0) is 118 Å². The first kappa shape index (κ1) is 35.7. The molecule has 1 heterocycles. The van der Waals surface area contributed by atoms with Crippen LogP contribution in [-0.2, 0) is 0 Å². The van der Waals surface area contributed by atoms with E-state index in [4.69, 9.17) is 9.97 Å². The summed E-state index contributed by atoms with van der Waals surface area (Å²) in [4.78, 5) is 10.2. The van der Waals surface area contributed by atoms with Crippen LogP contribution in [0.4, 0.5) is 0 Å². The molecule has 0 unspecified atom stereocenters. The lowest BCUT2D eigenvalue weighted by molar-refractivity contribution is 1.18. The largest absolute Gasteiger partial charge is 0.228 e. The molecule has 11 aromatic carbocycles. The molecule has 0 bridgehead atoms. The van der Waals surface area contributed by atoms with E-state index in [1.807, 2.05) is 18.2 Å². The Morgan fingerprint density at radius 2 is 0.677 bits per heavy atom. The van der Waals surface area contributed by atoms with Crippen LogP contribution in [0.3, 0.4) is 0 Å². The molecule has 0 aliphatic rings. The molecule has 12 aromatic rings. The van der Waals surface area contributed by atoms with Crippen molar-refractivity contribution in [3.63, 3.8) is 0 Å². The van der Waals surface area contributed by atoms with Gasteiger partial charge in [-0.3, -0.25) is 0 Å². The molecule has 0 saturated heterocycles. The fourth-order valence-corrected chi connectivity index (χ4v) is 9.21. The average Bonchev–Trinajstić information content (AvgIpc) is 3.35. The summed E-state index contributed by atoms with van der Waals surface area (Å²) in [6.45, 7) is 0. The van der Waals surface area contributed by atoms with E-state index in [-0.39, 0.29) is 0 Å². The van der Waals surface area contributed by atoms with Crippen LogP contribution in [0.25, 0.3) is 121 Å². The summed E-state index contributed by atoms with van der Waals surface area (Å²) in [5.41, 5.74) is 12.1. The van der Waals surface area contributed by atoms with Crippen LogP contribution in [-0.4, -0.2) is 9.97 Å². The number of hydrogen-bond acceptors (Lipinski definition) is 2. The minimum Gasteiger partial charge on any atom is -0.228 e. The molecular formula is C60H38N2. The summed E-state index contributed by atoms with van der Waals surface area (Å²) in [5, 5.41) is 12.5. The second kappa shape index (κ2) is 14.8. The van der Waals surface area contributed by atoms with Gasteiger partial charge in [-0.1, -0.05) is 200 Å². The predicted molar refractivity (Wildman–Crippen MR) is 262 cm³/mol. The Kier molecular flexibility index (Phi) is 8.53. The van der Waals surface area contributed by atoms with Crippen LogP contribution in [0.1, 0.15) is 0 Å². The van der Waals surface area contributed by atoms with Crippen molar-refractivity contribution in [1.29, 1.82) is 0 Å². The standard InChI is InChI=1S/C60H38N2/c1-2-12-45(13-3-1)60-61-57(43-23-18-40(19-24-43)47-27-22-39-10-4-5-14-46(39)34-47)38-58(62-60)52-31-30-49-35-48(28-29-50(49)36-52)41-20-25-44(26-21-41)59-54-17-9-7-15-51(54)37-56-53-16-8-6-11-42(53)32-33-55(56)59/h1-38H. The second-order valence-corrected chi connectivity index (χ2v) is 16.2. The molecule has 2 nitrogen and oxygen atoms in total. The van der Waals surface area contributed by atoms with Crippen molar-refractivity contribution in [3.05, 3.63) is 231 Å². The molecule has 0 amide bonds. The zero-order valence-electron chi connectivity index (χ0n) is 33.8. The first-order valence-corrected chi connectivity index (χ1v) is 21.2. The number of rotatable bonds is 6. The second-order valence-electron chi connectivity index (χ2n) is 16.2. The van der Waals surface area contributed by atoms with Gasteiger partial charge in [0, 0.05) is 16.7 Å². The number of hydrogen-bond donors (Lipinski definition) is 0. The number of benzene rings is 11. The van der Waals surface area contributed by atoms with E-state index in [1.54, 1.807) is 0 Å². The summed E-state index contributed by atoms with van der Waals surface area (Å²) >= 11 is 0. The molecule has 2 heteroatoms. The van der Waals surface area contributed by atoms with Gasteiger partial charge in [0.25, 0.3) is 0 Å². The maximum atomic E-state index is 5.14. The Hall–Kier alpha value is -8.20. The summed E-state index contributed by atoms with van der Waals surface area (Å²) in [7, 11) is 0. The Balaban J connectivity index is 0.880. The van der Waals surface area contributed by atoms with Gasteiger partial charge in [0.15, 0.2) is 5.82 Å². The van der Waals surface area contributed by atoms with E-state index >= 15 is 0 Å². The highest BCUT2D eigenvalue weighted by Gasteiger charge is 2.15. The Labute approximate surface area is 360 Å². The first-order valence-electron chi connectivity index (χ1n) is 21.2. The quantitative estimate of drug-likeness (QED) is 0.124. The minimum atomic E-state index is 0.709. The molecule has 0 N–H and O–H groups in total. The first-order chi connectivity index (χ1) is 30.7. The topological polar surface area (TPSA) is 25.8 Å². The highest BCUT2D eigenvalue weighted by Crippen LogP contribution is 2.40. The molecule has 0 fully saturated rings. The van der Waals surface area contributed by atoms with Gasteiger partial charge in [-0.15, -0.1) is 0 Å². The maximum absolute atomic E-state index is 5.14. The molecule has 1 aromatic heterocycles. The van der Waals surface area contributed by atoms with Crippen LogP contribution in [0.15, 0.2) is 231 Å². The third-order valence-corrected chi connectivity index (χ3v) is 12.4. The van der Waals surface area contributed by atoms with Gasteiger partial charge < -0.3 is 0 Å². The predicted octanol–water partition coefficient (Wildman–Crippen LogP) is 16.2. The average molecular weight is 787 g/mol. The lowest BCUT2D eigenvalue weighted by atomic mass is 9.89. The zero-order chi connectivity index (χ0) is 41.0. The molecule has 0 aliphatic heterocycles. The van der Waals surface area contributed by atoms with Gasteiger partial charge in [0.2, 0.25) is 0 Å². The molecule has 0 spiro atoms. The molecule has 0 aliphatic carbocycles. The third kappa shape index (κ3) is 6.38. The summed E-state index contributed by atoms with van der Waals surface area (Å²) in [6.07, 6.45) is 0. The third-order valence-electron chi connectivity index (χ3n) is 12.4. The normalized spacial score (nSPS) is 11.5. The van der Waals surface area contributed by atoms with E-state index in [0.717, 1.165) is 28.1 Å². The summed E-state index contributed by atoms with van der Waals surface area (Å²) < 4.78 is 0. The van der Waals surface area contributed by atoms with Gasteiger partial charge in [0.1, 0.15) is 0 Å². The SMILES string of the molecule is c1ccc(-c2nc(-c3ccc(-c4ccc5ccccc5c4)cc3)cc(-c3ccc4cc(-c5ccc(-c6c7ccccc7cc7c6ccc6ccccc67)cc5)ccc4c3)n2)cc1. The Bertz CT molecular complexity index is 3660. The van der Waals surface area contributed by atoms with Crippen molar-refractivity contribution in [3.8, 4) is 67.3 Å². The zero-order valence-corrected chi connectivity index (χ0v) is 33.8. The fraction of sp³-hybridized carbons (Fsp3) is 0. The maximum Gasteiger partial charge on any atom is 0.160 e. The molecular weight excluding hydrogens is 749 g/mol. The van der Waals surface area contributed by atoms with Gasteiger partial charge in [0.05, 0.1) is 11.4 Å². The van der Waals surface area contributed by atoms with Crippen LogP contribution in [0.5, 0.6) is 0 Å². The number of fused-ring (bicyclic) bond motifs is 6. The van der Waals surface area contributed by atoms with Gasteiger partial charge in [-0.2, -0.15) is 0 Å². The van der Waals surface area contributed by atoms with Crippen molar-refractivity contribution < 1.29 is 0 Å². The van der Waals surface area contributed by atoms with E-state index < -0.39 is 0 Å². The summed E-state index contributed by atoms with van der Waals surface area (Å²) in [5.74, 6) is 0.709. The van der Waals surface area contributed by atoms with Crippen LogP contribution >= 0.6 is 0 Å². The van der Waals surface area contributed by atoms with Gasteiger partial charge in [-0.25, -0.2) is 9.97 Å². The Morgan fingerprint density at radius 1 is 0.210 bits per heavy atom. The monoisotopic (exact) mass is 786 g/mol. The van der Waals surface area contributed by atoms with Crippen molar-refractivity contribution in [2.45, 2.75) is 0 Å². The smallest absolute Gasteiger partial charge is 0.160 e. The highest BCUT2D eigenvalue weighted by molar-refractivity contribution is 6.20. The van der Waals surface area contributed by atoms with Crippen molar-refractivity contribution in [2.75, 3.05) is 0 Å². The molecule has 0 atom stereocenters. The molecule has 12 rings (SSSR count). The lowest BCUT2D eigenvalue weighted by Gasteiger charge is -2.14. The minimum absolute atomic E-state index is 0.709. The van der Waals surface area contributed by atoms with Crippen molar-refractivity contribution >= 4 is 53.9 Å². The van der Waals surface area contributed by atoms with Crippen LogP contribution < -0.4 is 0 Å². The van der Waals surface area contributed by atoms with E-state index in [2.05, 4.69) is 212 Å².